The van der Waals surface area contributed by atoms with Crippen LogP contribution in [0, 0.1) is 29.1 Å². The Morgan fingerprint density at radius 1 is 0.697 bits per heavy atom. The Labute approximate surface area is 188 Å². The van der Waals surface area contributed by atoms with Crippen LogP contribution in [0.25, 0.3) is 0 Å². The first kappa shape index (κ1) is 26.3. The summed E-state index contributed by atoms with van der Waals surface area (Å²) in [6, 6.07) is 5.22. The summed E-state index contributed by atoms with van der Waals surface area (Å²) in [5.74, 6) is -12.5. The summed E-state index contributed by atoms with van der Waals surface area (Å²) in [6.07, 6.45) is 7.39. The van der Waals surface area contributed by atoms with E-state index in [1.807, 2.05) is 0 Å². The van der Waals surface area contributed by atoms with Gasteiger partial charge in [0.1, 0.15) is 6.61 Å². The number of benzene rings is 2. The van der Waals surface area contributed by atoms with Crippen LogP contribution < -0.4 is 0 Å². The van der Waals surface area contributed by atoms with Crippen molar-refractivity contribution in [2.75, 3.05) is 6.61 Å². The molecule has 0 aliphatic rings. The van der Waals surface area contributed by atoms with Crippen molar-refractivity contribution in [1.29, 1.82) is 0 Å². The van der Waals surface area contributed by atoms with Gasteiger partial charge in [-0.15, -0.1) is 0 Å². The van der Waals surface area contributed by atoms with Crippen LogP contribution in [0.15, 0.2) is 24.3 Å². The number of ether oxygens (including phenoxy) is 2. The van der Waals surface area contributed by atoms with Gasteiger partial charge in [-0.3, -0.25) is 0 Å². The molecule has 2 aromatic carbocycles. The zero-order valence-corrected chi connectivity index (χ0v) is 18.2. The zero-order valence-electron chi connectivity index (χ0n) is 18.2. The van der Waals surface area contributed by atoms with E-state index in [0.717, 1.165) is 25.3 Å². The van der Waals surface area contributed by atoms with E-state index in [2.05, 4.69) is 11.7 Å². The van der Waals surface area contributed by atoms with Crippen LogP contribution in [-0.2, 0) is 16.1 Å². The quantitative estimate of drug-likeness (QED) is 0.114. The van der Waals surface area contributed by atoms with Crippen molar-refractivity contribution in [3.63, 3.8) is 0 Å². The van der Waals surface area contributed by atoms with E-state index >= 15 is 0 Å². The number of carbonyl (C=O) groups is 2. The normalized spacial score (nSPS) is 10.8. The summed E-state index contributed by atoms with van der Waals surface area (Å²) in [7, 11) is 0. The maximum absolute atomic E-state index is 13.7. The predicted octanol–water partition coefficient (Wildman–Crippen LogP) is 6.65. The Morgan fingerprint density at radius 2 is 1.18 bits per heavy atom. The molecule has 0 spiro atoms. The van der Waals surface area contributed by atoms with Gasteiger partial charge in [0.15, 0.2) is 23.3 Å². The highest BCUT2D eigenvalue weighted by molar-refractivity contribution is 5.95. The fraction of sp³-hybridized carbons (Fsp3) is 0.417. The second-order valence-corrected chi connectivity index (χ2v) is 7.46. The first-order valence-electron chi connectivity index (χ1n) is 10.7. The van der Waals surface area contributed by atoms with Gasteiger partial charge < -0.3 is 9.47 Å². The lowest BCUT2D eigenvalue weighted by Gasteiger charge is -2.10. The molecular formula is C24H25F5O4. The van der Waals surface area contributed by atoms with Gasteiger partial charge in [-0.25, -0.2) is 31.5 Å². The van der Waals surface area contributed by atoms with Gasteiger partial charge >= 0.3 is 11.9 Å². The second kappa shape index (κ2) is 12.9. The van der Waals surface area contributed by atoms with E-state index in [1.54, 1.807) is 0 Å². The molecule has 180 valence electrons. The van der Waals surface area contributed by atoms with Crippen molar-refractivity contribution in [3.05, 3.63) is 70.0 Å². The van der Waals surface area contributed by atoms with Gasteiger partial charge in [0.25, 0.3) is 0 Å². The van der Waals surface area contributed by atoms with Crippen molar-refractivity contribution in [3.8, 4) is 0 Å². The maximum Gasteiger partial charge on any atom is 0.338 e. The third-order valence-electron chi connectivity index (χ3n) is 4.96. The molecule has 0 heterocycles. The van der Waals surface area contributed by atoms with Gasteiger partial charge in [0.05, 0.1) is 23.3 Å². The fourth-order valence-electron chi connectivity index (χ4n) is 3.08. The number of hydrogen-bond donors (Lipinski definition) is 0. The summed E-state index contributed by atoms with van der Waals surface area (Å²) in [6.45, 7) is 1.18. The molecule has 0 fully saturated rings. The minimum absolute atomic E-state index is 0.0589. The topological polar surface area (TPSA) is 52.6 Å². The lowest BCUT2D eigenvalue weighted by Crippen LogP contribution is -2.13. The van der Waals surface area contributed by atoms with Crippen LogP contribution in [0.2, 0.25) is 0 Å². The Hall–Kier alpha value is -2.97. The highest BCUT2D eigenvalue weighted by atomic mass is 19.2. The van der Waals surface area contributed by atoms with Gasteiger partial charge in [-0.05, 0) is 24.6 Å². The lowest BCUT2D eigenvalue weighted by molar-refractivity contribution is 0.0462. The summed E-state index contributed by atoms with van der Waals surface area (Å²) in [5, 5.41) is 0. The fourth-order valence-corrected chi connectivity index (χ4v) is 3.08. The molecular weight excluding hydrogens is 447 g/mol. The first-order valence-corrected chi connectivity index (χ1v) is 10.7. The van der Waals surface area contributed by atoms with E-state index in [0.29, 0.717) is 6.42 Å². The summed E-state index contributed by atoms with van der Waals surface area (Å²) < 4.78 is 76.9. The Morgan fingerprint density at radius 3 is 1.76 bits per heavy atom. The van der Waals surface area contributed by atoms with E-state index < -0.39 is 53.2 Å². The van der Waals surface area contributed by atoms with E-state index in [9.17, 15) is 31.5 Å². The molecule has 9 heteroatoms. The van der Waals surface area contributed by atoms with Gasteiger partial charge in [-0.2, -0.15) is 0 Å². The molecule has 0 amide bonds. The van der Waals surface area contributed by atoms with Gasteiger partial charge in [0.2, 0.25) is 5.82 Å². The minimum atomic E-state index is -2.30. The van der Waals surface area contributed by atoms with Crippen molar-refractivity contribution >= 4 is 11.9 Å². The zero-order chi connectivity index (χ0) is 24.4. The average Bonchev–Trinajstić information content (AvgIpc) is 2.82. The van der Waals surface area contributed by atoms with Crippen LogP contribution >= 0.6 is 0 Å². The molecule has 4 nitrogen and oxygen atoms in total. The standard InChI is InChI=1S/C24H25F5O4/c1-2-3-4-5-6-7-8-12-32-23(30)15-10-9-11-16(13-15)24(31)33-14-17-18(25)20(27)22(29)21(28)19(17)26/h9-11,13H,2-8,12,14H2,1H3. The first-order chi connectivity index (χ1) is 15.8. The third kappa shape index (κ3) is 7.27. The monoisotopic (exact) mass is 472 g/mol. The maximum atomic E-state index is 13.7. The van der Waals surface area contributed by atoms with Crippen LogP contribution in [0.5, 0.6) is 0 Å². The molecule has 0 aliphatic heterocycles. The summed E-state index contributed by atoms with van der Waals surface area (Å²) in [5.41, 5.74) is -1.36. The summed E-state index contributed by atoms with van der Waals surface area (Å²) in [4.78, 5) is 24.4. The highest BCUT2D eigenvalue weighted by Crippen LogP contribution is 2.24. The Bertz CT molecular complexity index is 949. The van der Waals surface area contributed by atoms with Crippen LogP contribution in [0.1, 0.15) is 78.1 Å². The second-order valence-electron chi connectivity index (χ2n) is 7.46. The number of esters is 2. The molecule has 2 aromatic rings. The van der Waals surface area contributed by atoms with Crippen LogP contribution in [0.3, 0.4) is 0 Å². The average molecular weight is 472 g/mol. The predicted molar refractivity (Wildman–Crippen MR) is 110 cm³/mol. The molecule has 0 saturated carbocycles. The smallest absolute Gasteiger partial charge is 0.338 e. The Kier molecular flexibility index (Phi) is 10.3. The number of halogens is 5. The van der Waals surface area contributed by atoms with E-state index in [1.165, 1.54) is 37.5 Å². The largest absolute Gasteiger partial charge is 0.462 e. The number of hydrogen-bond acceptors (Lipinski definition) is 4. The third-order valence-corrected chi connectivity index (χ3v) is 4.96. The highest BCUT2D eigenvalue weighted by Gasteiger charge is 2.26. The van der Waals surface area contributed by atoms with Gasteiger partial charge in [-0.1, -0.05) is 51.5 Å². The molecule has 0 radical (unpaired) electrons. The van der Waals surface area contributed by atoms with Crippen molar-refractivity contribution in [1.82, 2.24) is 0 Å². The van der Waals surface area contributed by atoms with Gasteiger partial charge in [0, 0.05) is 0 Å². The van der Waals surface area contributed by atoms with Crippen LogP contribution in [0.4, 0.5) is 22.0 Å². The minimum Gasteiger partial charge on any atom is -0.462 e. The molecule has 0 aromatic heterocycles. The van der Waals surface area contributed by atoms with Crippen molar-refractivity contribution < 1.29 is 41.0 Å². The molecule has 0 atom stereocenters. The summed E-state index contributed by atoms with van der Waals surface area (Å²) >= 11 is 0. The van der Waals surface area contributed by atoms with Crippen LogP contribution in [-0.4, -0.2) is 18.5 Å². The Balaban J connectivity index is 1.90. The van der Waals surface area contributed by atoms with Crippen molar-refractivity contribution in [2.24, 2.45) is 0 Å². The SMILES string of the molecule is CCCCCCCCCOC(=O)c1cccc(C(=O)OCc2c(F)c(F)c(F)c(F)c2F)c1. The molecule has 0 N–H and O–H groups in total. The molecule has 2 rings (SSSR count). The molecule has 0 aliphatic carbocycles. The van der Waals surface area contributed by atoms with E-state index in [4.69, 9.17) is 4.74 Å². The number of unbranched alkanes of at least 4 members (excludes halogenated alkanes) is 6. The molecule has 0 bridgehead atoms. The molecule has 0 unspecified atom stereocenters. The molecule has 0 saturated heterocycles. The van der Waals surface area contributed by atoms with Crippen molar-refractivity contribution in [2.45, 2.75) is 58.5 Å². The van der Waals surface area contributed by atoms with E-state index in [-0.39, 0.29) is 17.7 Å². The lowest BCUT2D eigenvalue weighted by atomic mass is 10.1. The number of carbonyl (C=O) groups excluding carboxylic acids is 2. The number of rotatable bonds is 12. The molecule has 33 heavy (non-hydrogen) atoms.